The number of hydrogen-bond acceptors (Lipinski definition) is 3. The third-order valence-corrected chi connectivity index (χ3v) is 7.34. The van der Waals surface area contributed by atoms with Crippen molar-refractivity contribution in [3.8, 4) is 11.3 Å². The Hall–Kier alpha value is -1.62. The van der Waals surface area contributed by atoms with Gasteiger partial charge in [-0.3, -0.25) is 4.79 Å². The van der Waals surface area contributed by atoms with E-state index in [-0.39, 0.29) is 11.4 Å². The summed E-state index contributed by atoms with van der Waals surface area (Å²) < 4.78 is 1.94. The van der Waals surface area contributed by atoms with Gasteiger partial charge in [0.25, 0.3) is 5.91 Å². The SMILES string of the molecule is Cc1nc(-c2cc(C(=O)NC34CC5CC(CC(C5)C3)C4)n(C)c2)cs1. The molecule has 1 N–H and O–H groups in total. The minimum absolute atomic E-state index is 0.0630. The van der Waals surface area contributed by atoms with Gasteiger partial charge < -0.3 is 9.88 Å². The second-order valence-corrected chi connectivity index (χ2v) is 9.69. The lowest BCUT2D eigenvalue weighted by atomic mass is 9.53. The third-order valence-electron chi connectivity index (χ3n) is 6.57. The maximum Gasteiger partial charge on any atom is 0.268 e. The minimum atomic E-state index is 0.0630. The van der Waals surface area contributed by atoms with E-state index in [1.54, 1.807) is 11.3 Å². The summed E-state index contributed by atoms with van der Waals surface area (Å²) in [4.78, 5) is 17.6. The quantitative estimate of drug-likeness (QED) is 0.899. The number of nitrogens with zero attached hydrogens (tertiary/aromatic N) is 2. The molecule has 0 saturated heterocycles. The second-order valence-electron chi connectivity index (χ2n) is 8.63. The summed E-state index contributed by atoms with van der Waals surface area (Å²) in [5, 5.41) is 6.59. The van der Waals surface area contributed by atoms with Gasteiger partial charge in [0.2, 0.25) is 0 Å². The zero-order valence-electron chi connectivity index (χ0n) is 14.9. The maximum absolute atomic E-state index is 13.1. The van der Waals surface area contributed by atoms with E-state index in [0.29, 0.717) is 0 Å². The van der Waals surface area contributed by atoms with Crippen LogP contribution in [0.5, 0.6) is 0 Å². The highest BCUT2D eigenvalue weighted by atomic mass is 32.1. The van der Waals surface area contributed by atoms with Crippen LogP contribution in [0.3, 0.4) is 0 Å². The monoisotopic (exact) mass is 355 g/mol. The molecule has 4 aliphatic carbocycles. The molecule has 4 aliphatic rings. The molecule has 0 radical (unpaired) electrons. The van der Waals surface area contributed by atoms with Gasteiger partial charge in [-0.25, -0.2) is 4.98 Å². The van der Waals surface area contributed by atoms with Crippen LogP contribution < -0.4 is 5.32 Å². The lowest BCUT2D eigenvalue weighted by molar-refractivity contribution is -0.0168. The molecule has 0 spiro atoms. The van der Waals surface area contributed by atoms with E-state index >= 15 is 0 Å². The molecule has 0 aliphatic heterocycles. The summed E-state index contributed by atoms with van der Waals surface area (Å²) in [6.45, 7) is 2.01. The number of aryl methyl sites for hydroxylation is 2. The van der Waals surface area contributed by atoms with Gasteiger partial charge in [-0.05, 0) is 69.3 Å². The van der Waals surface area contributed by atoms with Crippen molar-refractivity contribution in [3.63, 3.8) is 0 Å². The first-order valence-electron chi connectivity index (χ1n) is 9.41. The van der Waals surface area contributed by atoms with Gasteiger partial charge in [0.15, 0.2) is 0 Å². The van der Waals surface area contributed by atoms with E-state index < -0.39 is 0 Å². The molecule has 2 heterocycles. The standard InChI is InChI=1S/C20H25N3OS/c1-12-21-17(11-25-12)16-6-18(23(2)10-16)19(24)22-20-7-13-3-14(8-20)5-15(4-13)9-20/h6,10-11,13-15H,3-5,7-9H2,1-2H3,(H,22,24). The Balaban J connectivity index is 1.39. The molecular formula is C20H25N3OS. The van der Waals surface area contributed by atoms with Gasteiger partial charge >= 0.3 is 0 Å². The molecule has 4 saturated carbocycles. The highest BCUT2D eigenvalue weighted by Crippen LogP contribution is 2.55. The predicted octanol–water partition coefficient (Wildman–Crippen LogP) is 4.16. The van der Waals surface area contributed by atoms with Crippen LogP contribution in [0.4, 0.5) is 0 Å². The molecule has 2 aromatic rings. The van der Waals surface area contributed by atoms with E-state index in [1.807, 2.05) is 30.8 Å². The number of carbonyl (C=O) groups is 1. The average molecular weight is 356 g/mol. The molecule has 5 heteroatoms. The highest BCUT2D eigenvalue weighted by Gasteiger charge is 2.51. The Kier molecular flexibility index (Phi) is 3.40. The largest absolute Gasteiger partial charge is 0.346 e. The Morgan fingerprint density at radius 1 is 1.24 bits per heavy atom. The Morgan fingerprint density at radius 2 is 1.88 bits per heavy atom. The molecule has 4 bridgehead atoms. The van der Waals surface area contributed by atoms with E-state index in [9.17, 15) is 4.79 Å². The fraction of sp³-hybridized carbons (Fsp3) is 0.600. The smallest absolute Gasteiger partial charge is 0.268 e. The van der Waals surface area contributed by atoms with Crippen LogP contribution in [0, 0.1) is 24.7 Å². The molecule has 4 fully saturated rings. The summed E-state index contributed by atoms with van der Waals surface area (Å²) in [5.41, 5.74) is 2.80. The topological polar surface area (TPSA) is 46.9 Å². The molecule has 0 aromatic carbocycles. The van der Waals surface area contributed by atoms with E-state index in [2.05, 4.69) is 15.7 Å². The molecular weight excluding hydrogens is 330 g/mol. The summed E-state index contributed by atoms with van der Waals surface area (Å²) in [5.74, 6) is 2.61. The van der Waals surface area contributed by atoms with Crippen molar-refractivity contribution in [1.29, 1.82) is 0 Å². The molecule has 25 heavy (non-hydrogen) atoms. The molecule has 2 aromatic heterocycles. The number of aromatic nitrogens is 2. The van der Waals surface area contributed by atoms with Crippen LogP contribution in [0.25, 0.3) is 11.3 Å². The van der Waals surface area contributed by atoms with Gasteiger partial charge in [0, 0.05) is 29.7 Å². The second kappa shape index (κ2) is 5.44. The van der Waals surface area contributed by atoms with Crippen molar-refractivity contribution in [2.45, 2.75) is 51.0 Å². The van der Waals surface area contributed by atoms with Gasteiger partial charge in [-0.15, -0.1) is 11.3 Å². The summed E-state index contributed by atoms with van der Waals surface area (Å²) in [6, 6.07) is 1.99. The van der Waals surface area contributed by atoms with Crippen LogP contribution in [-0.2, 0) is 7.05 Å². The summed E-state index contributed by atoms with van der Waals surface area (Å²) in [6.07, 6.45) is 9.77. The van der Waals surface area contributed by atoms with Gasteiger partial charge in [0.05, 0.1) is 10.7 Å². The molecule has 4 nitrogen and oxygen atoms in total. The van der Waals surface area contributed by atoms with E-state index in [1.165, 1.54) is 38.5 Å². The van der Waals surface area contributed by atoms with Gasteiger partial charge in [-0.1, -0.05) is 0 Å². The van der Waals surface area contributed by atoms with Crippen molar-refractivity contribution in [2.24, 2.45) is 24.8 Å². The number of carbonyl (C=O) groups excluding carboxylic acids is 1. The van der Waals surface area contributed by atoms with Crippen LogP contribution in [0.2, 0.25) is 0 Å². The molecule has 0 unspecified atom stereocenters. The lowest BCUT2D eigenvalue weighted by Crippen LogP contribution is -2.60. The number of rotatable bonds is 3. The Bertz CT molecular complexity index is 799. The fourth-order valence-corrected chi connectivity index (χ4v) is 6.62. The summed E-state index contributed by atoms with van der Waals surface area (Å²) >= 11 is 1.65. The first kappa shape index (κ1) is 15.6. The van der Waals surface area contributed by atoms with Crippen LogP contribution in [-0.4, -0.2) is 21.0 Å². The van der Waals surface area contributed by atoms with E-state index in [0.717, 1.165) is 39.7 Å². The van der Waals surface area contributed by atoms with Crippen LogP contribution >= 0.6 is 11.3 Å². The van der Waals surface area contributed by atoms with Gasteiger partial charge in [-0.2, -0.15) is 0 Å². The molecule has 132 valence electrons. The van der Waals surface area contributed by atoms with Gasteiger partial charge in [0.1, 0.15) is 5.69 Å². The molecule has 1 amide bonds. The predicted molar refractivity (Wildman–Crippen MR) is 99.6 cm³/mol. The normalized spacial score (nSPS) is 33.0. The number of nitrogens with one attached hydrogen (secondary N) is 1. The summed E-state index contributed by atoms with van der Waals surface area (Å²) in [7, 11) is 1.96. The van der Waals surface area contributed by atoms with Crippen molar-refractivity contribution in [2.75, 3.05) is 0 Å². The average Bonchev–Trinajstić information content (AvgIpc) is 3.11. The molecule has 0 atom stereocenters. The number of hydrogen-bond donors (Lipinski definition) is 1. The first-order valence-corrected chi connectivity index (χ1v) is 10.3. The van der Waals surface area contributed by atoms with Crippen molar-refractivity contribution in [1.82, 2.24) is 14.9 Å². The zero-order valence-corrected chi connectivity index (χ0v) is 15.7. The molecule has 6 rings (SSSR count). The van der Waals surface area contributed by atoms with Crippen LogP contribution in [0.15, 0.2) is 17.6 Å². The first-order chi connectivity index (χ1) is 12.0. The van der Waals surface area contributed by atoms with E-state index in [4.69, 9.17) is 0 Å². The lowest BCUT2D eigenvalue weighted by Gasteiger charge is -2.56. The minimum Gasteiger partial charge on any atom is -0.346 e. The van der Waals surface area contributed by atoms with Crippen molar-refractivity contribution in [3.05, 3.63) is 28.3 Å². The van der Waals surface area contributed by atoms with Crippen molar-refractivity contribution < 1.29 is 4.79 Å². The number of amides is 1. The maximum atomic E-state index is 13.1. The number of thiazole rings is 1. The van der Waals surface area contributed by atoms with Crippen LogP contribution in [0.1, 0.15) is 54.0 Å². The third kappa shape index (κ3) is 2.64. The van der Waals surface area contributed by atoms with Crippen molar-refractivity contribution >= 4 is 17.2 Å². The fourth-order valence-electron chi connectivity index (χ4n) is 5.99. The highest BCUT2D eigenvalue weighted by molar-refractivity contribution is 7.09. The zero-order chi connectivity index (χ0) is 17.2. The Morgan fingerprint density at radius 3 is 2.44 bits per heavy atom. The Labute approximate surface area is 152 Å².